The van der Waals surface area contributed by atoms with Crippen molar-refractivity contribution in [2.75, 3.05) is 21.1 Å². The second kappa shape index (κ2) is 3.92. The molecule has 0 unspecified atom stereocenters. The molecule has 0 heterocycles. The number of aryl methyl sites for hydroxylation is 1. The Hall–Kier alpha value is -0.910. The Kier molecular flexibility index (Phi) is 3.18. The van der Waals surface area contributed by atoms with Gasteiger partial charge in [-0.3, -0.25) is 0 Å². The number of sulfonamides is 1. The quantitative estimate of drug-likeness (QED) is 0.618. The Morgan fingerprint density at radius 1 is 1.07 bits per heavy atom. The van der Waals surface area contributed by atoms with Crippen molar-refractivity contribution in [1.29, 1.82) is 0 Å². The molecule has 1 aromatic carbocycles. The molecule has 15 heavy (non-hydrogen) atoms. The van der Waals surface area contributed by atoms with Gasteiger partial charge in [-0.25, -0.2) is 13.0 Å². The van der Waals surface area contributed by atoms with E-state index in [1.807, 2.05) is 6.92 Å². The van der Waals surface area contributed by atoms with Gasteiger partial charge in [-0.2, -0.15) is 0 Å². The fraction of sp³-hybridized carbons (Fsp3) is 0.400. The molecule has 1 aromatic rings. The molecule has 0 atom stereocenters. The zero-order valence-electron chi connectivity index (χ0n) is 9.48. The summed E-state index contributed by atoms with van der Waals surface area (Å²) in [6.45, 7) is 1.92. The largest absolute Gasteiger partial charge is 0.282 e. The van der Waals surface area contributed by atoms with Crippen LogP contribution in [0.3, 0.4) is 0 Å². The lowest BCUT2D eigenvalue weighted by Crippen LogP contribution is -2.50. The number of quaternary nitrogens is 1. The topological polar surface area (TPSA) is 46.2 Å². The minimum absolute atomic E-state index is 0.163. The van der Waals surface area contributed by atoms with Crippen LogP contribution in [0.2, 0.25) is 0 Å². The van der Waals surface area contributed by atoms with Crippen molar-refractivity contribution >= 4 is 10.0 Å². The molecule has 4 nitrogen and oxygen atoms in total. The van der Waals surface area contributed by atoms with E-state index < -0.39 is 10.0 Å². The maximum absolute atomic E-state index is 11.8. The monoisotopic (exact) mass is 229 g/mol. The van der Waals surface area contributed by atoms with Crippen molar-refractivity contribution in [2.24, 2.45) is 0 Å². The average Bonchev–Trinajstić information content (AvgIpc) is 2.00. The van der Waals surface area contributed by atoms with E-state index in [4.69, 9.17) is 0 Å². The minimum Gasteiger partial charge on any atom is -0.239 e. The summed E-state index contributed by atoms with van der Waals surface area (Å²) in [7, 11) is 1.85. The van der Waals surface area contributed by atoms with Crippen LogP contribution < -0.4 is 4.83 Å². The first-order chi connectivity index (χ1) is 6.71. The first-order valence-electron chi connectivity index (χ1n) is 4.63. The summed E-state index contributed by atoms with van der Waals surface area (Å²) < 4.78 is 23.8. The van der Waals surface area contributed by atoms with Gasteiger partial charge < -0.3 is 0 Å². The maximum atomic E-state index is 11.8. The zero-order chi connectivity index (χ0) is 11.7. The molecule has 0 aliphatic heterocycles. The van der Waals surface area contributed by atoms with Gasteiger partial charge in [-0.05, 0) is 19.1 Å². The van der Waals surface area contributed by atoms with Crippen LogP contribution >= 0.6 is 0 Å². The fourth-order valence-corrected chi connectivity index (χ4v) is 2.45. The van der Waals surface area contributed by atoms with E-state index >= 15 is 0 Å². The van der Waals surface area contributed by atoms with E-state index in [2.05, 4.69) is 4.83 Å². The van der Waals surface area contributed by atoms with E-state index in [1.54, 1.807) is 45.4 Å². The molecule has 5 heteroatoms. The highest BCUT2D eigenvalue weighted by Gasteiger charge is 2.21. The lowest BCUT2D eigenvalue weighted by molar-refractivity contribution is -0.900. The predicted molar refractivity (Wildman–Crippen MR) is 59.5 cm³/mol. The van der Waals surface area contributed by atoms with Gasteiger partial charge in [0.15, 0.2) is 0 Å². The van der Waals surface area contributed by atoms with Gasteiger partial charge in [0, 0.05) is 0 Å². The summed E-state index contributed by atoms with van der Waals surface area (Å²) in [5.41, 5.74) is 1.04. The molecule has 0 spiro atoms. The first kappa shape index (κ1) is 12.2. The van der Waals surface area contributed by atoms with Gasteiger partial charge in [-0.1, -0.05) is 22.5 Å². The molecule has 0 amide bonds. The molecular formula is C10H17N2O2S+. The highest BCUT2D eigenvalue weighted by molar-refractivity contribution is 7.89. The number of nitrogens with zero attached hydrogens (tertiary/aromatic N) is 1. The van der Waals surface area contributed by atoms with E-state index in [1.165, 1.54) is 0 Å². The molecule has 0 saturated carbocycles. The Bertz CT molecular complexity index is 429. The molecular weight excluding hydrogens is 212 g/mol. The van der Waals surface area contributed by atoms with Crippen molar-refractivity contribution < 1.29 is 13.0 Å². The van der Waals surface area contributed by atoms with Gasteiger partial charge in [0.1, 0.15) is 0 Å². The van der Waals surface area contributed by atoms with Crippen LogP contribution in [0.4, 0.5) is 0 Å². The molecule has 0 aliphatic rings. The van der Waals surface area contributed by atoms with Gasteiger partial charge >= 0.3 is 0 Å². The van der Waals surface area contributed by atoms with E-state index in [-0.39, 0.29) is 4.59 Å². The van der Waals surface area contributed by atoms with Crippen LogP contribution in [0, 0.1) is 6.92 Å². The number of nitrogens with one attached hydrogen (secondary N) is 1. The SMILES string of the molecule is Cc1ccc(S(=O)(=O)N[N+](C)(C)C)cc1. The smallest absolute Gasteiger partial charge is 0.239 e. The lowest BCUT2D eigenvalue weighted by Gasteiger charge is -2.23. The second-order valence-corrected chi connectivity index (χ2v) is 6.08. The maximum Gasteiger partial charge on any atom is 0.282 e. The van der Waals surface area contributed by atoms with E-state index in [0.29, 0.717) is 4.90 Å². The van der Waals surface area contributed by atoms with Crippen molar-refractivity contribution in [2.45, 2.75) is 11.8 Å². The van der Waals surface area contributed by atoms with Crippen LogP contribution in [0.25, 0.3) is 0 Å². The fourth-order valence-electron chi connectivity index (χ4n) is 1.13. The number of hydrogen-bond acceptors (Lipinski definition) is 2. The molecule has 0 aliphatic carbocycles. The molecule has 1 rings (SSSR count). The zero-order valence-corrected chi connectivity index (χ0v) is 10.3. The molecule has 1 N–H and O–H groups in total. The van der Waals surface area contributed by atoms with E-state index in [9.17, 15) is 8.42 Å². The summed E-state index contributed by atoms with van der Waals surface area (Å²) in [4.78, 5) is 2.83. The van der Waals surface area contributed by atoms with Crippen molar-refractivity contribution in [3.8, 4) is 0 Å². The summed E-state index contributed by atoms with van der Waals surface area (Å²) in [6.07, 6.45) is 0. The summed E-state index contributed by atoms with van der Waals surface area (Å²) >= 11 is 0. The summed E-state index contributed by atoms with van der Waals surface area (Å²) in [6, 6.07) is 6.77. The average molecular weight is 229 g/mol. The predicted octanol–water partition coefficient (Wildman–Crippen LogP) is 0.895. The molecule has 0 fully saturated rings. The molecule has 0 saturated heterocycles. The van der Waals surface area contributed by atoms with Gasteiger partial charge in [0.05, 0.1) is 26.0 Å². The summed E-state index contributed by atoms with van der Waals surface area (Å²) in [5.74, 6) is 0. The Morgan fingerprint density at radius 3 is 1.93 bits per heavy atom. The normalized spacial score (nSPS) is 12.8. The van der Waals surface area contributed by atoms with Crippen molar-refractivity contribution in [3.05, 3.63) is 29.8 Å². The number of rotatable bonds is 3. The third-order valence-corrected chi connectivity index (χ3v) is 3.41. The Morgan fingerprint density at radius 2 is 1.53 bits per heavy atom. The molecule has 0 aromatic heterocycles. The van der Waals surface area contributed by atoms with E-state index in [0.717, 1.165) is 5.56 Å². The van der Waals surface area contributed by atoms with Crippen LogP contribution in [0.1, 0.15) is 5.56 Å². The third kappa shape index (κ3) is 3.62. The number of hydrogen-bond donors (Lipinski definition) is 1. The summed E-state index contributed by atoms with van der Waals surface area (Å²) in [5, 5.41) is 0. The van der Waals surface area contributed by atoms with Crippen LogP contribution in [0.15, 0.2) is 29.2 Å². The molecule has 0 bridgehead atoms. The standard InChI is InChI=1S/C10H17N2O2S/c1-9-5-7-10(8-6-9)15(13,14)11-12(2,3)4/h5-8,11H,1-4H3/q+1. The van der Waals surface area contributed by atoms with Gasteiger partial charge in [-0.15, -0.1) is 0 Å². The van der Waals surface area contributed by atoms with Crippen LogP contribution in [-0.4, -0.2) is 34.2 Å². The van der Waals surface area contributed by atoms with Crippen LogP contribution in [-0.2, 0) is 10.0 Å². The van der Waals surface area contributed by atoms with Crippen LogP contribution in [0.5, 0.6) is 0 Å². The second-order valence-electron chi connectivity index (χ2n) is 4.42. The van der Waals surface area contributed by atoms with Crippen molar-refractivity contribution in [3.63, 3.8) is 0 Å². The van der Waals surface area contributed by atoms with Crippen molar-refractivity contribution in [1.82, 2.24) is 4.83 Å². The number of benzene rings is 1. The first-order valence-corrected chi connectivity index (χ1v) is 6.11. The van der Waals surface area contributed by atoms with Gasteiger partial charge in [0.25, 0.3) is 10.0 Å². The van der Waals surface area contributed by atoms with Gasteiger partial charge in [0.2, 0.25) is 0 Å². The Labute approximate surface area is 91.1 Å². The molecule has 0 radical (unpaired) electrons. The third-order valence-electron chi connectivity index (χ3n) is 1.73. The lowest BCUT2D eigenvalue weighted by atomic mass is 10.2. The highest BCUT2D eigenvalue weighted by Crippen LogP contribution is 2.10. The highest BCUT2D eigenvalue weighted by atomic mass is 32.2. The Balaban J connectivity index is 3.02. The minimum atomic E-state index is -3.41. The molecule has 84 valence electrons.